The molecule has 0 unspecified atom stereocenters. The van der Waals surface area contributed by atoms with Crippen LogP contribution in [0.2, 0.25) is 0 Å². The van der Waals surface area contributed by atoms with Crippen LogP contribution in [0, 0.1) is 0 Å². The van der Waals surface area contributed by atoms with Crippen LogP contribution in [0.1, 0.15) is 6.92 Å². The first-order chi connectivity index (χ1) is 6.83. The lowest BCUT2D eigenvalue weighted by atomic mass is 10.3. The molecule has 0 atom stereocenters. The Morgan fingerprint density at radius 1 is 1.43 bits per heavy atom. The number of thioether (sulfide) groups is 1. The maximum atomic E-state index is 11.6. The van der Waals surface area contributed by atoms with Crippen LogP contribution in [-0.4, -0.2) is 11.7 Å². The molecule has 2 rings (SSSR count). The Labute approximate surface area is 87.6 Å². The summed E-state index contributed by atoms with van der Waals surface area (Å²) < 4.78 is 0. The van der Waals surface area contributed by atoms with Crippen molar-refractivity contribution in [2.45, 2.75) is 11.8 Å². The molecule has 1 aliphatic rings. The van der Waals surface area contributed by atoms with Gasteiger partial charge in [0.2, 0.25) is 5.91 Å². The van der Waals surface area contributed by atoms with Gasteiger partial charge >= 0.3 is 0 Å². The first-order valence-corrected chi connectivity index (χ1v) is 5.48. The Morgan fingerprint density at radius 3 is 3.00 bits per heavy atom. The summed E-state index contributed by atoms with van der Waals surface area (Å²) in [5.41, 5.74) is 0.992. The van der Waals surface area contributed by atoms with Crippen LogP contribution in [0.5, 0.6) is 0 Å². The molecule has 0 aromatic heterocycles. The SMILES string of the molecule is C/C=C/N1C(=O)CSc2ccccc21. The minimum absolute atomic E-state index is 0.145. The summed E-state index contributed by atoms with van der Waals surface area (Å²) in [5.74, 6) is 0.674. The second-order valence-corrected chi connectivity index (χ2v) is 4.02. The fourth-order valence-corrected chi connectivity index (χ4v) is 2.34. The number of rotatable bonds is 1. The highest BCUT2D eigenvalue weighted by atomic mass is 32.2. The molecule has 0 bridgehead atoms. The monoisotopic (exact) mass is 205 g/mol. The second kappa shape index (κ2) is 3.88. The molecule has 1 aliphatic heterocycles. The Balaban J connectivity index is 2.46. The third-order valence-electron chi connectivity index (χ3n) is 2.04. The van der Waals surface area contributed by atoms with Crippen LogP contribution < -0.4 is 4.90 Å². The van der Waals surface area contributed by atoms with Crippen molar-refractivity contribution in [3.05, 3.63) is 36.5 Å². The van der Waals surface area contributed by atoms with Gasteiger partial charge in [-0.1, -0.05) is 18.2 Å². The third kappa shape index (κ3) is 1.55. The molecule has 0 fully saturated rings. The average Bonchev–Trinajstić information content (AvgIpc) is 2.23. The first-order valence-electron chi connectivity index (χ1n) is 4.49. The minimum atomic E-state index is 0.145. The number of benzene rings is 1. The summed E-state index contributed by atoms with van der Waals surface area (Å²) in [4.78, 5) is 14.5. The summed E-state index contributed by atoms with van der Waals surface area (Å²) in [5, 5.41) is 0. The number of hydrogen-bond acceptors (Lipinski definition) is 2. The van der Waals surface area contributed by atoms with Gasteiger partial charge in [-0.15, -0.1) is 11.8 Å². The molecule has 1 aromatic carbocycles. The minimum Gasteiger partial charge on any atom is -0.286 e. The number of carbonyl (C=O) groups is 1. The van der Waals surface area contributed by atoms with Crippen LogP contribution in [0.15, 0.2) is 41.4 Å². The number of para-hydroxylation sites is 1. The number of allylic oxidation sites excluding steroid dienone is 1. The highest BCUT2D eigenvalue weighted by Crippen LogP contribution is 2.34. The summed E-state index contributed by atoms with van der Waals surface area (Å²) in [6.07, 6.45) is 3.70. The van der Waals surface area contributed by atoms with Crippen molar-refractivity contribution in [2.24, 2.45) is 0 Å². The Bertz CT molecular complexity index is 387. The van der Waals surface area contributed by atoms with Gasteiger partial charge in [0.25, 0.3) is 0 Å². The van der Waals surface area contributed by atoms with E-state index >= 15 is 0 Å². The van der Waals surface area contributed by atoms with Crippen LogP contribution >= 0.6 is 11.8 Å². The molecule has 1 heterocycles. The van der Waals surface area contributed by atoms with Gasteiger partial charge in [0, 0.05) is 11.1 Å². The molecule has 14 heavy (non-hydrogen) atoms. The molecule has 0 radical (unpaired) electrons. The molecule has 0 saturated carbocycles. The predicted molar refractivity (Wildman–Crippen MR) is 59.5 cm³/mol. The van der Waals surface area contributed by atoms with Crippen molar-refractivity contribution in [2.75, 3.05) is 10.7 Å². The van der Waals surface area contributed by atoms with Crippen molar-refractivity contribution in [3.63, 3.8) is 0 Å². The summed E-state index contributed by atoms with van der Waals surface area (Å²) in [6, 6.07) is 7.96. The van der Waals surface area contributed by atoms with Crippen molar-refractivity contribution in [3.8, 4) is 0 Å². The number of anilines is 1. The summed E-state index contributed by atoms with van der Waals surface area (Å²) >= 11 is 1.60. The number of nitrogens with zero attached hydrogens (tertiary/aromatic N) is 1. The van der Waals surface area contributed by atoms with E-state index in [9.17, 15) is 4.79 Å². The van der Waals surface area contributed by atoms with E-state index in [1.54, 1.807) is 16.7 Å². The predicted octanol–water partition coefficient (Wildman–Crippen LogP) is 2.66. The second-order valence-electron chi connectivity index (χ2n) is 3.00. The Morgan fingerprint density at radius 2 is 2.21 bits per heavy atom. The topological polar surface area (TPSA) is 20.3 Å². The summed E-state index contributed by atoms with van der Waals surface area (Å²) in [6.45, 7) is 1.91. The molecule has 1 aromatic rings. The third-order valence-corrected chi connectivity index (χ3v) is 3.09. The molecule has 1 amide bonds. The quantitative estimate of drug-likeness (QED) is 0.702. The zero-order valence-electron chi connectivity index (χ0n) is 7.93. The lowest BCUT2D eigenvalue weighted by Gasteiger charge is -2.25. The van der Waals surface area contributed by atoms with Crippen molar-refractivity contribution >= 4 is 23.4 Å². The van der Waals surface area contributed by atoms with Crippen molar-refractivity contribution in [1.82, 2.24) is 0 Å². The van der Waals surface area contributed by atoms with Crippen LogP contribution in [-0.2, 0) is 4.79 Å². The van der Waals surface area contributed by atoms with Crippen LogP contribution in [0.3, 0.4) is 0 Å². The van der Waals surface area contributed by atoms with E-state index in [4.69, 9.17) is 0 Å². The number of hydrogen-bond donors (Lipinski definition) is 0. The molecule has 0 saturated heterocycles. The molecule has 0 spiro atoms. The molecule has 0 aliphatic carbocycles. The maximum Gasteiger partial charge on any atom is 0.241 e. The Hall–Kier alpha value is -1.22. The zero-order chi connectivity index (χ0) is 9.97. The van der Waals surface area contributed by atoms with E-state index < -0.39 is 0 Å². The van der Waals surface area contributed by atoms with Gasteiger partial charge in [0.05, 0.1) is 11.4 Å². The smallest absolute Gasteiger partial charge is 0.241 e. The maximum absolute atomic E-state index is 11.6. The highest BCUT2D eigenvalue weighted by Gasteiger charge is 2.21. The fourth-order valence-electron chi connectivity index (χ4n) is 1.43. The fraction of sp³-hybridized carbons (Fsp3) is 0.182. The van der Waals surface area contributed by atoms with E-state index in [1.807, 2.05) is 43.5 Å². The normalized spacial score (nSPS) is 16.1. The number of amides is 1. The van der Waals surface area contributed by atoms with E-state index in [0.717, 1.165) is 5.69 Å². The van der Waals surface area contributed by atoms with Crippen molar-refractivity contribution < 1.29 is 4.79 Å². The number of carbonyl (C=O) groups excluding carboxylic acids is 1. The Kier molecular flexibility index (Phi) is 2.59. The van der Waals surface area contributed by atoms with Gasteiger partial charge in [-0.3, -0.25) is 9.69 Å². The molecule has 3 heteroatoms. The van der Waals surface area contributed by atoms with Gasteiger partial charge in [0.15, 0.2) is 0 Å². The average molecular weight is 205 g/mol. The lowest BCUT2D eigenvalue weighted by molar-refractivity contribution is -0.115. The van der Waals surface area contributed by atoms with Gasteiger partial charge < -0.3 is 0 Å². The van der Waals surface area contributed by atoms with E-state index in [0.29, 0.717) is 5.75 Å². The van der Waals surface area contributed by atoms with E-state index in [2.05, 4.69) is 0 Å². The first kappa shape index (κ1) is 9.34. The van der Waals surface area contributed by atoms with Gasteiger partial charge in [0.1, 0.15) is 0 Å². The largest absolute Gasteiger partial charge is 0.286 e. The summed E-state index contributed by atoms with van der Waals surface area (Å²) in [7, 11) is 0. The zero-order valence-corrected chi connectivity index (χ0v) is 8.75. The standard InChI is InChI=1S/C11H11NOS/c1-2-7-12-9-5-3-4-6-10(9)14-8-11(12)13/h2-7H,8H2,1H3/b7-2+. The number of fused-ring (bicyclic) bond motifs is 1. The highest BCUT2D eigenvalue weighted by molar-refractivity contribution is 8.00. The van der Waals surface area contributed by atoms with Crippen LogP contribution in [0.25, 0.3) is 0 Å². The molecule has 72 valence electrons. The molecular weight excluding hydrogens is 194 g/mol. The van der Waals surface area contributed by atoms with Gasteiger partial charge in [-0.25, -0.2) is 0 Å². The molecular formula is C11H11NOS. The van der Waals surface area contributed by atoms with E-state index in [1.165, 1.54) is 4.90 Å². The van der Waals surface area contributed by atoms with E-state index in [-0.39, 0.29) is 5.91 Å². The van der Waals surface area contributed by atoms with Crippen LogP contribution in [0.4, 0.5) is 5.69 Å². The molecule has 2 nitrogen and oxygen atoms in total. The van der Waals surface area contributed by atoms with Gasteiger partial charge in [-0.05, 0) is 19.1 Å². The lowest BCUT2D eigenvalue weighted by Crippen LogP contribution is -2.30. The van der Waals surface area contributed by atoms with Gasteiger partial charge in [-0.2, -0.15) is 0 Å². The van der Waals surface area contributed by atoms with Crippen molar-refractivity contribution in [1.29, 1.82) is 0 Å². The molecule has 0 N–H and O–H groups in total.